The summed E-state index contributed by atoms with van der Waals surface area (Å²) in [6.07, 6.45) is 6.79. The van der Waals surface area contributed by atoms with E-state index < -0.39 is 20.8 Å². The second-order valence-electron chi connectivity index (χ2n) is 11.7. The van der Waals surface area contributed by atoms with Crippen molar-refractivity contribution in [3.63, 3.8) is 0 Å². The normalized spacial score (nSPS) is 22.7. The zero-order chi connectivity index (χ0) is 28.8. The standard InChI is InChI=1S/C33H36N2O4S2/c1-33(2)25-14-13-23(22-40(36)27-9-5-4-6-10-27)30(20-25)31(34-33)19-24-21-35(32-12-8-7-11-29(24)32)41(37,38)28-17-15-26(39-3)16-18-28/h4-13,15-18,21,25,30-31,34H,14,19-20,22H2,1-3H3/t25-,30-,31+,40?/m0/s1. The third-order valence-corrected chi connectivity index (χ3v) is 11.9. The summed E-state index contributed by atoms with van der Waals surface area (Å²) in [7, 11) is -3.37. The lowest BCUT2D eigenvalue weighted by molar-refractivity contribution is 0.109. The Morgan fingerprint density at radius 3 is 2.44 bits per heavy atom. The van der Waals surface area contributed by atoms with E-state index in [9.17, 15) is 12.6 Å². The van der Waals surface area contributed by atoms with E-state index in [2.05, 4.69) is 25.2 Å². The van der Waals surface area contributed by atoms with Gasteiger partial charge in [-0.25, -0.2) is 12.4 Å². The molecule has 0 radical (unpaired) electrons. The SMILES string of the molecule is COc1ccc(S(=O)(=O)n2cc(C[C@H]3NC(C)(C)[C@H]4CC=C(CS(=O)c5ccccc5)[C@@H]3C4)c3ccccc32)cc1. The van der Waals surface area contributed by atoms with Crippen LogP contribution in [0.3, 0.4) is 0 Å². The fourth-order valence-corrected chi connectivity index (χ4v) is 9.20. The number of hydrogen-bond donors (Lipinski definition) is 1. The summed E-state index contributed by atoms with van der Waals surface area (Å²) in [5.74, 6) is 1.85. The minimum atomic E-state index is -3.82. The summed E-state index contributed by atoms with van der Waals surface area (Å²) in [6.45, 7) is 4.53. The first-order valence-corrected chi connectivity index (χ1v) is 16.8. The van der Waals surface area contributed by atoms with Crippen molar-refractivity contribution in [2.75, 3.05) is 12.9 Å². The maximum absolute atomic E-state index is 13.8. The van der Waals surface area contributed by atoms with E-state index >= 15 is 0 Å². The van der Waals surface area contributed by atoms with Crippen molar-refractivity contribution in [1.82, 2.24) is 9.29 Å². The van der Waals surface area contributed by atoms with Gasteiger partial charge in [0, 0.05) is 33.8 Å². The summed E-state index contributed by atoms with van der Waals surface area (Å²) >= 11 is 0. The summed E-state index contributed by atoms with van der Waals surface area (Å²) in [4.78, 5) is 1.06. The zero-order valence-electron chi connectivity index (χ0n) is 23.6. The average molecular weight is 589 g/mol. The number of hydrogen-bond acceptors (Lipinski definition) is 5. The van der Waals surface area contributed by atoms with Crippen LogP contribution in [-0.2, 0) is 27.2 Å². The van der Waals surface area contributed by atoms with Crippen LogP contribution in [0.5, 0.6) is 5.75 Å². The third-order valence-electron chi connectivity index (χ3n) is 8.86. The number of ether oxygens (including phenoxy) is 1. The van der Waals surface area contributed by atoms with Gasteiger partial charge in [0.25, 0.3) is 10.0 Å². The van der Waals surface area contributed by atoms with Gasteiger partial charge >= 0.3 is 0 Å². The van der Waals surface area contributed by atoms with Crippen LogP contribution in [0, 0.1) is 11.8 Å². The monoisotopic (exact) mass is 588 g/mol. The molecule has 4 aromatic rings. The average Bonchev–Trinajstić information content (AvgIpc) is 3.36. The van der Waals surface area contributed by atoms with E-state index in [1.807, 2.05) is 54.6 Å². The predicted octanol–water partition coefficient (Wildman–Crippen LogP) is 5.94. The topological polar surface area (TPSA) is 77.4 Å². The van der Waals surface area contributed by atoms with Gasteiger partial charge in [-0.1, -0.05) is 48.0 Å². The van der Waals surface area contributed by atoms with Gasteiger partial charge in [0.05, 0.1) is 28.3 Å². The van der Waals surface area contributed by atoms with Crippen LogP contribution in [0.2, 0.25) is 0 Å². The van der Waals surface area contributed by atoms with Crippen molar-refractivity contribution in [2.45, 2.75) is 54.5 Å². The fourth-order valence-electron chi connectivity index (χ4n) is 6.55. The lowest BCUT2D eigenvalue weighted by Gasteiger charge is -2.51. The second kappa shape index (κ2) is 10.9. The molecule has 1 aliphatic carbocycles. The molecular formula is C33H36N2O4S2. The number of piperidine rings is 1. The second-order valence-corrected chi connectivity index (χ2v) is 14.9. The maximum atomic E-state index is 13.8. The largest absolute Gasteiger partial charge is 0.497 e. The summed E-state index contributed by atoms with van der Waals surface area (Å²) in [6, 6.07) is 24.0. The minimum Gasteiger partial charge on any atom is -0.497 e. The van der Waals surface area contributed by atoms with Gasteiger partial charge in [0.15, 0.2) is 0 Å². The quantitative estimate of drug-likeness (QED) is 0.258. The number of allylic oxidation sites excluding steroid dienone is 1. The van der Waals surface area contributed by atoms with E-state index in [1.54, 1.807) is 37.6 Å². The number of nitrogens with one attached hydrogen (secondary N) is 1. The van der Waals surface area contributed by atoms with E-state index in [4.69, 9.17) is 4.74 Å². The Hall–Kier alpha value is -3.20. The van der Waals surface area contributed by atoms with Crippen LogP contribution in [0.4, 0.5) is 0 Å². The van der Waals surface area contributed by atoms with Crippen LogP contribution >= 0.6 is 0 Å². The molecule has 1 unspecified atom stereocenters. The van der Waals surface area contributed by atoms with Gasteiger partial charge < -0.3 is 10.1 Å². The number of methoxy groups -OCH3 is 1. The highest BCUT2D eigenvalue weighted by Gasteiger charge is 2.44. The fraction of sp³-hybridized carbons (Fsp3) is 0.333. The molecule has 3 aromatic carbocycles. The van der Waals surface area contributed by atoms with E-state index in [0.717, 1.165) is 28.7 Å². The highest BCUT2D eigenvalue weighted by molar-refractivity contribution is 7.90. The predicted molar refractivity (Wildman–Crippen MR) is 164 cm³/mol. The molecule has 41 heavy (non-hydrogen) atoms. The molecule has 0 saturated carbocycles. The Bertz CT molecular complexity index is 1720. The molecule has 2 heterocycles. The molecule has 214 valence electrons. The van der Waals surface area contributed by atoms with E-state index in [1.165, 1.54) is 9.55 Å². The van der Waals surface area contributed by atoms with Crippen molar-refractivity contribution in [3.8, 4) is 5.75 Å². The molecule has 1 fully saturated rings. The number of nitrogens with zero attached hydrogens (tertiary/aromatic N) is 1. The van der Waals surface area contributed by atoms with Crippen molar-refractivity contribution in [1.29, 1.82) is 0 Å². The highest BCUT2D eigenvalue weighted by Crippen LogP contribution is 2.44. The first kappa shape index (κ1) is 27.9. The number of benzene rings is 3. The van der Waals surface area contributed by atoms with Crippen LogP contribution in [0.15, 0.2) is 106 Å². The number of rotatable bonds is 8. The molecule has 1 aliphatic heterocycles. The summed E-state index contributed by atoms with van der Waals surface area (Å²) in [5.41, 5.74) is 2.83. The zero-order valence-corrected chi connectivity index (χ0v) is 25.3. The van der Waals surface area contributed by atoms with Gasteiger partial charge in [-0.2, -0.15) is 0 Å². The van der Waals surface area contributed by atoms with Gasteiger partial charge in [-0.3, -0.25) is 4.21 Å². The molecule has 8 heteroatoms. The van der Waals surface area contributed by atoms with Crippen LogP contribution in [0.25, 0.3) is 10.9 Å². The summed E-state index contributed by atoms with van der Waals surface area (Å²) in [5, 5.41) is 4.86. The molecule has 6 nitrogen and oxygen atoms in total. The van der Waals surface area contributed by atoms with Crippen molar-refractivity contribution < 1.29 is 17.4 Å². The molecular weight excluding hydrogens is 553 g/mol. The lowest BCUT2D eigenvalue weighted by Crippen LogP contribution is -2.60. The van der Waals surface area contributed by atoms with Gasteiger partial charge in [-0.05, 0) is 93.0 Å². The maximum Gasteiger partial charge on any atom is 0.268 e. The highest BCUT2D eigenvalue weighted by atomic mass is 32.2. The number of para-hydroxylation sites is 1. The van der Waals surface area contributed by atoms with Crippen molar-refractivity contribution in [3.05, 3.63) is 102 Å². The lowest BCUT2D eigenvalue weighted by atomic mass is 9.66. The van der Waals surface area contributed by atoms with Crippen molar-refractivity contribution in [2.24, 2.45) is 11.8 Å². The van der Waals surface area contributed by atoms with Gasteiger partial charge in [-0.15, -0.1) is 0 Å². The molecule has 4 atom stereocenters. The molecule has 1 N–H and O–H groups in total. The number of aromatic nitrogens is 1. The molecule has 6 rings (SSSR count). The minimum absolute atomic E-state index is 0.0602. The van der Waals surface area contributed by atoms with Gasteiger partial charge in [0.1, 0.15) is 5.75 Å². The Labute approximate surface area is 244 Å². The molecule has 1 saturated heterocycles. The Kier molecular flexibility index (Phi) is 7.42. The number of fused-ring (bicyclic) bond motifs is 3. The Morgan fingerprint density at radius 2 is 1.71 bits per heavy atom. The molecule has 1 aromatic heterocycles. The summed E-state index contributed by atoms with van der Waals surface area (Å²) < 4.78 is 47.5. The first-order valence-electron chi connectivity index (χ1n) is 14.1. The van der Waals surface area contributed by atoms with Crippen LogP contribution in [-0.4, -0.2) is 41.0 Å². The van der Waals surface area contributed by atoms with E-state index in [0.29, 0.717) is 29.4 Å². The van der Waals surface area contributed by atoms with E-state index in [-0.39, 0.29) is 22.4 Å². The molecule has 2 bridgehead atoms. The third kappa shape index (κ3) is 5.29. The molecule has 0 spiro atoms. The Morgan fingerprint density at radius 1 is 1.00 bits per heavy atom. The van der Waals surface area contributed by atoms with Crippen LogP contribution < -0.4 is 10.1 Å². The van der Waals surface area contributed by atoms with Crippen molar-refractivity contribution >= 4 is 31.7 Å². The Balaban J connectivity index is 1.34. The van der Waals surface area contributed by atoms with Gasteiger partial charge in [0.2, 0.25) is 0 Å². The molecule has 0 amide bonds. The smallest absolute Gasteiger partial charge is 0.268 e. The van der Waals surface area contributed by atoms with Crippen LogP contribution in [0.1, 0.15) is 32.3 Å². The first-order chi connectivity index (χ1) is 19.7. The molecule has 2 aliphatic rings.